The van der Waals surface area contributed by atoms with Gasteiger partial charge in [0.2, 0.25) is 10.0 Å². The summed E-state index contributed by atoms with van der Waals surface area (Å²) in [5.74, 6) is 0.876. The monoisotopic (exact) mass is 331 g/mol. The van der Waals surface area contributed by atoms with Gasteiger partial charge in [-0.3, -0.25) is 4.79 Å². The number of carbonyl (C=O) groups is 1. The van der Waals surface area contributed by atoms with Crippen molar-refractivity contribution in [3.05, 3.63) is 28.7 Å². The lowest BCUT2D eigenvalue weighted by Gasteiger charge is -2.17. The minimum Gasteiger partial charge on any atom is -0.480 e. The summed E-state index contributed by atoms with van der Waals surface area (Å²) >= 11 is 3.19. The van der Waals surface area contributed by atoms with E-state index < -0.39 is 22.5 Å². The molecule has 0 saturated heterocycles. The lowest BCUT2D eigenvalue weighted by Crippen LogP contribution is -2.35. The number of aliphatic carboxylic acids is 1. The van der Waals surface area contributed by atoms with Crippen molar-refractivity contribution in [2.45, 2.75) is 4.90 Å². The Kier molecular flexibility index (Phi) is 4.90. The Morgan fingerprint density at radius 3 is 2.39 bits per heavy atom. The maximum atomic E-state index is 12.1. The van der Waals surface area contributed by atoms with Crippen molar-refractivity contribution in [1.29, 1.82) is 0 Å². The molecule has 0 atom stereocenters. The van der Waals surface area contributed by atoms with Gasteiger partial charge in [0, 0.05) is 4.47 Å². The van der Waals surface area contributed by atoms with Crippen LogP contribution in [-0.2, 0) is 14.8 Å². The van der Waals surface area contributed by atoms with Gasteiger partial charge < -0.3 is 5.11 Å². The number of halogens is 1. The molecule has 0 spiro atoms. The van der Waals surface area contributed by atoms with Crippen LogP contribution < -0.4 is 0 Å². The minimum absolute atomic E-state index is 0.00204. The smallest absolute Gasteiger partial charge is 0.318 e. The second-order valence-electron chi connectivity index (χ2n) is 3.32. The summed E-state index contributed by atoms with van der Waals surface area (Å²) in [5, 5.41) is 8.68. The van der Waals surface area contributed by atoms with Gasteiger partial charge in [-0.1, -0.05) is 21.9 Å². The van der Waals surface area contributed by atoms with Crippen LogP contribution >= 0.6 is 15.9 Å². The van der Waals surface area contributed by atoms with Gasteiger partial charge >= 0.3 is 5.97 Å². The van der Waals surface area contributed by atoms with Gasteiger partial charge in [0.15, 0.2) is 0 Å². The summed E-state index contributed by atoms with van der Waals surface area (Å²) in [6.07, 6.45) is 5.05. The van der Waals surface area contributed by atoms with Crippen LogP contribution in [0.1, 0.15) is 0 Å². The van der Waals surface area contributed by atoms with Crippen LogP contribution in [0.4, 0.5) is 0 Å². The standard InChI is InChI=1S/C11H10BrNO4S/c1-2-7-13(8-11(14)15)18(16,17)10-5-3-9(12)4-6-10/h1,3-6H,7-8H2,(H,14,15). The molecule has 0 bridgehead atoms. The first-order valence-corrected chi connectivity index (χ1v) is 7.02. The zero-order valence-corrected chi connectivity index (χ0v) is 11.6. The molecule has 1 aromatic rings. The van der Waals surface area contributed by atoms with Crippen molar-refractivity contribution in [2.75, 3.05) is 13.1 Å². The highest BCUT2D eigenvalue weighted by atomic mass is 79.9. The average molecular weight is 332 g/mol. The number of benzene rings is 1. The van der Waals surface area contributed by atoms with Gasteiger partial charge in [0.25, 0.3) is 0 Å². The van der Waals surface area contributed by atoms with E-state index in [4.69, 9.17) is 11.5 Å². The molecule has 0 unspecified atom stereocenters. The van der Waals surface area contributed by atoms with E-state index in [9.17, 15) is 13.2 Å². The van der Waals surface area contributed by atoms with Crippen molar-refractivity contribution in [1.82, 2.24) is 4.31 Å². The van der Waals surface area contributed by atoms with Crippen molar-refractivity contribution in [3.63, 3.8) is 0 Å². The number of rotatable bonds is 5. The molecule has 1 aromatic carbocycles. The van der Waals surface area contributed by atoms with Crippen LogP contribution in [0, 0.1) is 12.3 Å². The molecular weight excluding hydrogens is 322 g/mol. The highest BCUT2D eigenvalue weighted by Gasteiger charge is 2.25. The summed E-state index contributed by atoms with van der Waals surface area (Å²) in [6.45, 7) is -0.951. The van der Waals surface area contributed by atoms with Crippen molar-refractivity contribution >= 4 is 31.9 Å². The number of carboxylic acid groups (broad SMARTS) is 1. The topological polar surface area (TPSA) is 74.7 Å². The fourth-order valence-electron chi connectivity index (χ4n) is 1.23. The van der Waals surface area contributed by atoms with Gasteiger partial charge in [-0.15, -0.1) is 6.42 Å². The van der Waals surface area contributed by atoms with E-state index in [0.717, 1.165) is 8.78 Å². The highest BCUT2D eigenvalue weighted by molar-refractivity contribution is 9.10. The SMILES string of the molecule is C#CCN(CC(=O)O)S(=O)(=O)c1ccc(Br)cc1. The molecule has 0 heterocycles. The van der Waals surface area contributed by atoms with Crippen LogP contribution in [0.25, 0.3) is 0 Å². The maximum absolute atomic E-state index is 12.1. The Bertz CT molecular complexity index is 574. The van der Waals surface area contributed by atoms with Crippen LogP contribution in [0.15, 0.2) is 33.6 Å². The molecule has 18 heavy (non-hydrogen) atoms. The van der Waals surface area contributed by atoms with Crippen molar-refractivity contribution < 1.29 is 18.3 Å². The summed E-state index contributed by atoms with van der Waals surface area (Å²) in [7, 11) is -3.89. The van der Waals surface area contributed by atoms with E-state index in [1.165, 1.54) is 12.1 Å². The number of nitrogens with zero attached hydrogens (tertiary/aromatic N) is 1. The van der Waals surface area contributed by atoms with Gasteiger partial charge in [-0.05, 0) is 24.3 Å². The molecule has 7 heteroatoms. The molecule has 0 aliphatic rings. The van der Waals surface area contributed by atoms with E-state index in [2.05, 4.69) is 21.9 Å². The Morgan fingerprint density at radius 2 is 1.94 bits per heavy atom. The Hall–Kier alpha value is -1.36. The zero-order valence-electron chi connectivity index (χ0n) is 9.21. The predicted octanol–water partition coefficient (Wildman–Crippen LogP) is 1.16. The molecular formula is C11H10BrNO4S. The van der Waals surface area contributed by atoms with E-state index in [0.29, 0.717) is 0 Å². The molecule has 0 aliphatic heterocycles. The van der Waals surface area contributed by atoms with E-state index in [1.54, 1.807) is 12.1 Å². The number of hydrogen-bond donors (Lipinski definition) is 1. The second-order valence-corrected chi connectivity index (χ2v) is 6.18. The normalized spacial score (nSPS) is 11.2. The number of sulfonamides is 1. The van der Waals surface area contributed by atoms with E-state index in [1.807, 2.05) is 0 Å². The van der Waals surface area contributed by atoms with Crippen molar-refractivity contribution in [2.24, 2.45) is 0 Å². The third-order valence-electron chi connectivity index (χ3n) is 2.03. The second kappa shape index (κ2) is 6.00. The Morgan fingerprint density at radius 1 is 1.39 bits per heavy atom. The summed E-state index contributed by atoms with van der Waals surface area (Å²) in [4.78, 5) is 10.6. The summed E-state index contributed by atoms with van der Waals surface area (Å²) in [6, 6.07) is 5.87. The Balaban J connectivity index is 3.13. The maximum Gasteiger partial charge on any atom is 0.318 e. The van der Waals surface area contributed by atoms with Crippen LogP contribution in [0.2, 0.25) is 0 Å². The first kappa shape index (κ1) is 14.7. The average Bonchev–Trinajstić information content (AvgIpc) is 2.28. The van der Waals surface area contributed by atoms with Crippen LogP contribution in [-0.4, -0.2) is 36.9 Å². The van der Waals surface area contributed by atoms with Crippen LogP contribution in [0.5, 0.6) is 0 Å². The molecule has 0 amide bonds. The molecule has 96 valence electrons. The summed E-state index contributed by atoms with van der Waals surface area (Å²) in [5.41, 5.74) is 0. The number of carboxylic acids is 1. The van der Waals surface area contributed by atoms with Gasteiger partial charge in [0.1, 0.15) is 6.54 Å². The molecule has 0 aliphatic carbocycles. The third-order valence-corrected chi connectivity index (χ3v) is 4.37. The van der Waals surface area contributed by atoms with Crippen LogP contribution in [0.3, 0.4) is 0 Å². The molecule has 0 fully saturated rings. The fraction of sp³-hybridized carbons (Fsp3) is 0.182. The van der Waals surface area contributed by atoms with Crippen molar-refractivity contribution in [3.8, 4) is 12.3 Å². The number of terminal acetylenes is 1. The molecule has 0 radical (unpaired) electrons. The van der Waals surface area contributed by atoms with E-state index in [-0.39, 0.29) is 11.4 Å². The largest absolute Gasteiger partial charge is 0.480 e. The molecule has 1 rings (SSSR count). The minimum atomic E-state index is -3.89. The highest BCUT2D eigenvalue weighted by Crippen LogP contribution is 2.18. The molecule has 0 saturated carbocycles. The third kappa shape index (κ3) is 3.57. The van der Waals surface area contributed by atoms with Gasteiger partial charge in [-0.25, -0.2) is 8.42 Å². The molecule has 1 N–H and O–H groups in total. The fourth-order valence-corrected chi connectivity index (χ4v) is 2.80. The number of hydrogen-bond acceptors (Lipinski definition) is 3. The van der Waals surface area contributed by atoms with Gasteiger partial charge in [-0.2, -0.15) is 4.31 Å². The molecule has 0 aromatic heterocycles. The zero-order chi connectivity index (χ0) is 13.8. The van der Waals surface area contributed by atoms with E-state index >= 15 is 0 Å². The lowest BCUT2D eigenvalue weighted by molar-refractivity contribution is -0.137. The molecule has 5 nitrogen and oxygen atoms in total. The lowest BCUT2D eigenvalue weighted by atomic mass is 10.4. The van der Waals surface area contributed by atoms with Gasteiger partial charge in [0.05, 0.1) is 11.4 Å². The summed E-state index contributed by atoms with van der Waals surface area (Å²) < 4.78 is 25.7. The predicted molar refractivity (Wildman–Crippen MR) is 69.4 cm³/mol. The Labute approximate surface area is 114 Å². The first-order chi connectivity index (χ1) is 8.37. The quantitative estimate of drug-likeness (QED) is 0.821. The first-order valence-electron chi connectivity index (χ1n) is 4.79.